The van der Waals surface area contributed by atoms with Crippen molar-refractivity contribution in [2.75, 3.05) is 14.2 Å². The summed E-state index contributed by atoms with van der Waals surface area (Å²) in [6, 6.07) is 5.82. The molecule has 0 aromatic heterocycles. The summed E-state index contributed by atoms with van der Waals surface area (Å²) < 4.78 is 10.1. The van der Waals surface area contributed by atoms with Crippen LogP contribution in [-0.2, 0) is 9.53 Å². The van der Waals surface area contributed by atoms with Gasteiger partial charge in [0.25, 0.3) is 0 Å². The molecule has 1 aliphatic carbocycles. The molecule has 0 heterocycles. The molecule has 1 N–H and O–H groups in total. The number of esters is 1. The molecule has 2 rings (SSSR count). The Hall–Kier alpha value is -1.55. The molecule has 18 heavy (non-hydrogen) atoms. The molecule has 98 valence electrons. The fourth-order valence-corrected chi connectivity index (χ4v) is 1.99. The summed E-state index contributed by atoms with van der Waals surface area (Å²) in [5.41, 5.74) is 1.94. The van der Waals surface area contributed by atoms with Crippen LogP contribution in [0.1, 0.15) is 30.0 Å². The maximum atomic E-state index is 11.8. The first-order chi connectivity index (χ1) is 8.65. The highest BCUT2D eigenvalue weighted by atomic mass is 16.5. The molecule has 1 atom stereocenters. The molecule has 0 amide bonds. The average Bonchev–Trinajstić information content (AvgIpc) is 3.19. The highest BCUT2D eigenvalue weighted by Gasteiger charge is 2.30. The summed E-state index contributed by atoms with van der Waals surface area (Å²) in [6.45, 7) is 1.97. The molecule has 1 unspecified atom stereocenters. The third-order valence-corrected chi connectivity index (χ3v) is 3.17. The molecule has 1 aromatic carbocycles. The van der Waals surface area contributed by atoms with E-state index in [2.05, 4.69) is 5.32 Å². The van der Waals surface area contributed by atoms with Gasteiger partial charge in [0.2, 0.25) is 0 Å². The second-order valence-corrected chi connectivity index (χ2v) is 4.63. The predicted molar refractivity (Wildman–Crippen MR) is 68.6 cm³/mol. The minimum atomic E-state index is -0.382. The van der Waals surface area contributed by atoms with Crippen LogP contribution in [0.3, 0.4) is 0 Å². The molecule has 0 radical (unpaired) electrons. The van der Waals surface area contributed by atoms with Crippen molar-refractivity contribution < 1.29 is 14.3 Å². The number of benzene rings is 1. The first-order valence-electron chi connectivity index (χ1n) is 6.14. The zero-order chi connectivity index (χ0) is 13.1. The van der Waals surface area contributed by atoms with Gasteiger partial charge in [-0.05, 0) is 37.0 Å². The third-order valence-electron chi connectivity index (χ3n) is 3.17. The second-order valence-electron chi connectivity index (χ2n) is 4.63. The van der Waals surface area contributed by atoms with E-state index < -0.39 is 0 Å². The SMILES string of the molecule is COC(=O)C(NC1CC1)c1ccc(OC)c(C)c1. The van der Waals surface area contributed by atoms with E-state index in [1.165, 1.54) is 7.11 Å². The van der Waals surface area contributed by atoms with Crippen molar-refractivity contribution in [3.05, 3.63) is 29.3 Å². The van der Waals surface area contributed by atoms with Gasteiger partial charge in [-0.15, -0.1) is 0 Å². The number of methoxy groups -OCH3 is 2. The highest BCUT2D eigenvalue weighted by Crippen LogP contribution is 2.27. The van der Waals surface area contributed by atoms with E-state index in [1.54, 1.807) is 7.11 Å². The quantitative estimate of drug-likeness (QED) is 0.810. The van der Waals surface area contributed by atoms with Crippen LogP contribution in [0.2, 0.25) is 0 Å². The third kappa shape index (κ3) is 2.82. The van der Waals surface area contributed by atoms with Crippen molar-refractivity contribution in [2.45, 2.75) is 31.8 Å². The van der Waals surface area contributed by atoms with E-state index in [4.69, 9.17) is 9.47 Å². The Kier molecular flexibility index (Phi) is 3.87. The van der Waals surface area contributed by atoms with Crippen molar-refractivity contribution in [3.8, 4) is 5.75 Å². The lowest BCUT2D eigenvalue weighted by Crippen LogP contribution is -2.31. The zero-order valence-corrected chi connectivity index (χ0v) is 11.0. The minimum absolute atomic E-state index is 0.244. The topological polar surface area (TPSA) is 47.6 Å². The van der Waals surface area contributed by atoms with Crippen molar-refractivity contribution in [1.82, 2.24) is 5.32 Å². The monoisotopic (exact) mass is 249 g/mol. The number of rotatable bonds is 5. The largest absolute Gasteiger partial charge is 0.496 e. The van der Waals surface area contributed by atoms with Gasteiger partial charge in [-0.3, -0.25) is 5.32 Å². The maximum Gasteiger partial charge on any atom is 0.327 e. The van der Waals surface area contributed by atoms with Gasteiger partial charge >= 0.3 is 5.97 Å². The van der Waals surface area contributed by atoms with Gasteiger partial charge in [0, 0.05) is 6.04 Å². The molecule has 0 spiro atoms. The van der Waals surface area contributed by atoms with E-state index in [9.17, 15) is 4.79 Å². The van der Waals surface area contributed by atoms with E-state index in [-0.39, 0.29) is 12.0 Å². The fraction of sp³-hybridized carbons (Fsp3) is 0.500. The number of ether oxygens (including phenoxy) is 2. The number of hydrogen-bond acceptors (Lipinski definition) is 4. The van der Waals surface area contributed by atoms with Crippen LogP contribution in [0.4, 0.5) is 0 Å². The molecular formula is C14H19NO3. The standard InChI is InChI=1S/C14H19NO3/c1-9-8-10(4-7-12(9)17-2)13(14(16)18-3)15-11-5-6-11/h4,7-8,11,13,15H,5-6H2,1-3H3. The van der Waals surface area contributed by atoms with Gasteiger partial charge in [-0.25, -0.2) is 4.79 Å². The summed E-state index contributed by atoms with van der Waals surface area (Å²) in [5.74, 6) is 0.584. The van der Waals surface area contributed by atoms with Crippen molar-refractivity contribution >= 4 is 5.97 Å². The minimum Gasteiger partial charge on any atom is -0.496 e. The van der Waals surface area contributed by atoms with Gasteiger partial charge < -0.3 is 9.47 Å². The van der Waals surface area contributed by atoms with Crippen LogP contribution >= 0.6 is 0 Å². The number of carbonyl (C=O) groups is 1. The summed E-state index contributed by atoms with van der Waals surface area (Å²) in [6.07, 6.45) is 2.26. The molecule has 0 saturated heterocycles. The fourth-order valence-electron chi connectivity index (χ4n) is 1.99. The number of nitrogens with one attached hydrogen (secondary N) is 1. The Bertz CT molecular complexity index is 441. The van der Waals surface area contributed by atoms with Gasteiger partial charge in [0.1, 0.15) is 11.8 Å². The molecule has 1 aromatic rings. The van der Waals surface area contributed by atoms with Crippen LogP contribution in [-0.4, -0.2) is 26.2 Å². The van der Waals surface area contributed by atoms with Crippen molar-refractivity contribution in [1.29, 1.82) is 0 Å². The average molecular weight is 249 g/mol. The lowest BCUT2D eigenvalue weighted by Gasteiger charge is -2.17. The van der Waals surface area contributed by atoms with Gasteiger partial charge in [-0.2, -0.15) is 0 Å². The molecule has 1 fully saturated rings. The van der Waals surface area contributed by atoms with E-state index in [0.29, 0.717) is 6.04 Å². The van der Waals surface area contributed by atoms with Crippen molar-refractivity contribution in [3.63, 3.8) is 0 Å². The first-order valence-corrected chi connectivity index (χ1v) is 6.14. The van der Waals surface area contributed by atoms with Gasteiger partial charge in [0.05, 0.1) is 14.2 Å². The summed E-state index contributed by atoms with van der Waals surface area (Å²) in [4.78, 5) is 11.8. The number of hydrogen-bond donors (Lipinski definition) is 1. The normalized spacial score (nSPS) is 16.2. The van der Waals surface area contributed by atoms with Crippen LogP contribution < -0.4 is 10.1 Å². The number of aryl methyl sites for hydroxylation is 1. The smallest absolute Gasteiger partial charge is 0.327 e. The summed E-state index contributed by atoms with van der Waals surface area (Å²) >= 11 is 0. The molecule has 0 aliphatic heterocycles. The van der Waals surface area contributed by atoms with E-state index >= 15 is 0 Å². The molecule has 1 saturated carbocycles. The second kappa shape index (κ2) is 5.40. The lowest BCUT2D eigenvalue weighted by atomic mass is 10.0. The highest BCUT2D eigenvalue weighted by molar-refractivity contribution is 5.77. The first kappa shape index (κ1) is 12.9. The Morgan fingerprint density at radius 3 is 2.61 bits per heavy atom. The predicted octanol–water partition coefficient (Wildman–Crippen LogP) is 1.97. The van der Waals surface area contributed by atoms with E-state index in [0.717, 1.165) is 29.7 Å². The summed E-state index contributed by atoms with van der Waals surface area (Å²) in [7, 11) is 3.06. The molecule has 1 aliphatic rings. The van der Waals surface area contributed by atoms with Crippen LogP contribution in [0.15, 0.2) is 18.2 Å². The van der Waals surface area contributed by atoms with E-state index in [1.807, 2.05) is 25.1 Å². The lowest BCUT2D eigenvalue weighted by molar-refractivity contribution is -0.143. The Labute approximate surface area is 107 Å². The van der Waals surface area contributed by atoms with Gasteiger partial charge in [-0.1, -0.05) is 12.1 Å². The summed E-state index contributed by atoms with van der Waals surface area (Å²) in [5, 5.41) is 3.31. The Balaban J connectivity index is 2.23. The molecule has 4 nitrogen and oxygen atoms in total. The molecule has 0 bridgehead atoms. The Morgan fingerprint density at radius 2 is 2.11 bits per heavy atom. The van der Waals surface area contributed by atoms with Crippen LogP contribution in [0.5, 0.6) is 5.75 Å². The number of carbonyl (C=O) groups excluding carboxylic acids is 1. The molecular weight excluding hydrogens is 230 g/mol. The molecule has 4 heteroatoms. The van der Waals surface area contributed by atoms with Crippen LogP contribution in [0, 0.1) is 6.92 Å². The Morgan fingerprint density at radius 1 is 1.39 bits per heavy atom. The van der Waals surface area contributed by atoms with Crippen molar-refractivity contribution in [2.24, 2.45) is 0 Å². The maximum absolute atomic E-state index is 11.8. The van der Waals surface area contributed by atoms with Gasteiger partial charge in [0.15, 0.2) is 0 Å². The zero-order valence-electron chi connectivity index (χ0n) is 11.0. The van der Waals surface area contributed by atoms with Crippen LogP contribution in [0.25, 0.3) is 0 Å².